The Hall–Kier alpha value is -1.61. The summed E-state index contributed by atoms with van der Waals surface area (Å²) in [5.74, 6) is -0.0410. The fraction of sp³-hybridized carbons (Fsp3) is 0.357. The van der Waals surface area contributed by atoms with Gasteiger partial charge in [0.05, 0.1) is 0 Å². The molecule has 0 radical (unpaired) electrons. The van der Waals surface area contributed by atoms with Crippen molar-refractivity contribution < 1.29 is 4.79 Å². The fourth-order valence-electron chi connectivity index (χ4n) is 1.78. The standard InChI is InChI=1S/C14H18N2O/c1-12(11-16-8-5-9-16)14(17)15-10-13-6-3-2-4-7-13/h2-4,6-7H,1,5,8-11H2,(H,15,17). The molecule has 0 spiro atoms. The van der Waals surface area contributed by atoms with E-state index >= 15 is 0 Å². The fourth-order valence-corrected chi connectivity index (χ4v) is 1.78. The molecule has 0 bridgehead atoms. The van der Waals surface area contributed by atoms with Crippen LogP contribution >= 0.6 is 0 Å². The van der Waals surface area contributed by atoms with E-state index in [0.717, 1.165) is 18.7 Å². The highest BCUT2D eigenvalue weighted by molar-refractivity contribution is 5.93. The molecule has 1 heterocycles. The van der Waals surface area contributed by atoms with Gasteiger partial charge in [0.1, 0.15) is 0 Å². The van der Waals surface area contributed by atoms with Gasteiger partial charge in [-0.3, -0.25) is 9.69 Å². The zero-order valence-corrected chi connectivity index (χ0v) is 9.98. The van der Waals surface area contributed by atoms with Gasteiger partial charge in [-0.1, -0.05) is 36.9 Å². The lowest BCUT2D eigenvalue weighted by atomic mass is 10.1. The van der Waals surface area contributed by atoms with Crippen molar-refractivity contribution in [3.63, 3.8) is 0 Å². The van der Waals surface area contributed by atoms with E-state index in [4.69, 9.17) is 0 Å². The Bertz CT molecular complexity index is 396. The second-order valence-electron chi connectivity index (χ2n) is 4.40. The molecule has 1 amide bonds. The van der Waals surface area contributed by atoms with E-state index < -0.39 is 0 Å². The Labute approximate surface area is 102 Å². The molecule has 2 rings (SSSR count). The van der Waals surface area contributed by atoms with Crippen LogP contribution in [0.3, 0.4) is 0 Å². The summed E-state index contributed by atoms with van der Waals surface area (Å²) < 4.78 is 0. The van der Waals surface area contributed by atoms with Crippen molar-refractivity contribution in [3.05, 3.63) is 48.0 Å². The zero-order valence-electron chi connectivity index (χ0n) is 9.98. The van der Waals surface area contributed by atoms with Gasteiger partial charge in [0.15, 0.2) is 0 Å². The summed E-state index contributed by atoms with van der Waals surface area (Å²) in [6.07, 6.45) is 1.24. The first kappa shape index (κ1) is 11.9. The van der Waals surface area contributed by atoms with Gasteiger partial charge < -0.3 is 5.32 Å². The van der Waals surface area contributed by atoms with Gasteiger partial charge in [-0.15, -0.1) is 0 Å². The highest BCUT2D eigenvalue weighted by Gasteiger charge is 2.17. The molecule has 1 N–H and O–H groups in total. The highest BCUT2D eigenvalue weighted by Crippen LogP contribution is 2.08. The molecule has 0 atom stereocenters. The van der Waals surface area contributed by atoms with E-state index in [1.165, 1.54) is 6.42 Å². The number of hydrogen-bond acceptors (Lipinski definition) is 2. The number of hydrogen-bond donors (Lipinski definition) is 1. The van der Waals surface area contributed by atoms with Crippen LogP contribution in [0.5, 0.6) is 0 Å². The maximum atomic E-state index is 11.8. The Morgan fingerprint density at radius 3 is 2.59 bits per heavy atom. The second-order valence-corrected chi connectivity index (χ2v) is 4.40. The van der Waals surface area contributed by atoms with Crippen molar-refractivity contribution in [1.82, 2.24) is 10.2 Å². The smallest absolute Gasteiger partial charge is 0.248 e. The minimum Gasteiger partial charge on any atom is -0.348 e. The highest BCUT2D eigenvalue weighted by atomic mass is 16.1. The van der Waals surface area contributed by atoms with E-state index in [0.29, 0.717) is 18.7 Å². The van der Waals surface area contributed by atoms with Gasteiger partial charge in [-0.05, 0) is 25.1 Å². The van der Waals surface area contributed by atoms with E-state index in [1.54, 1.807) is 0 Å². The monoisotopic (exact) mass is 230 g/mol. The summed E-state index contributed by atoms with van der Waals surface area (Å²) in [7, 11) is 0. The van der Waals surface area contributed by atoms with Crippen molar-refractivity contribution in [2.24, 2.45) is 0 Å². The molecule has 0 aliphatic carbocycles. The van der Waals surface area contributed by atoms with Crippen molar-refractivity contribution in [2.45, 2.75) is 13.0 Å². The maximum Gasteiger partial charge on any atom is 0.248 e. The van der Waals surface area contributed by atoms with Gasteiger partial charge in [-0.2, -0.15) is 0 Å². The normalized spacial score (nSPS) is 15.1. The lowest BCUT2D eigenvalue weighted by Crippen LogP contribution is -2.40. The molecular weight excluding hydrogens is 212 g/mol. The van der Waals surface area contributed by atoms with E-state index in [2.05, 4.69) is 16.8 Å². The van der Waals surface area contributed by atoms with Gasteiger partial charge in [0, 0.05) is 18.7 Å². The molecule has 1 saturated heterocycles. The number of likely N-dealkylation sites (tertiary alicyclic amines) is 1. The summed E-state index contributed by atoms with van der Waals surface area (Å²) in [5, 5.41) is 2.89. The van der Waals surface area contributed by atoms with Gasteiger partial charge >= 0.3 is 0 Å². The largest absolute Gasteiger partial charge is 0.348 e. The van der Waals surface area contributed by atoms with Crippen molar-refractivity contribution in [3.8, 4) is 0 Å². The van der Waals surface area contributed by atoms with Crippen LogP contribution in [0.2, 0.25) is 0 Å². The molecule has 17 heavy (non-hydrogen) atoms. The molecule has 1 aliphatic rings. The topological polar surface area (TPSA) is 32.3 Å². The molecular formula is C14H18N2O. The Morgan fingerprint density at radius 1 is 1.29 bits per heavy atom. The number of nitrogens with one attached hydrogen (secondary N) is 1. The first-order chi connectivity index (χ1) is 8.25. The van der Waals surface area contributed by atoms with Crippen molar-refractivity contribution in [2.75, 3.05) is 19.6 Å². The predicted octanol–water partition coefficient (Wildman–Crippen LogP) is 1.56. The van der Waals surface area contributed by atoms with Crippen LogP contribution in [0.15, 0.2) is 42.5 Å². The second kappa shape index (κ2) is 5.64. The SMILES string of the molecule is C=C(CN1CCC1)C(=O)NCc1ccccc1. The molecule has 3 heteroatoms. The molecule has 1 aliphatic heterocycles. The third-order valence-corrected chi connectivity index (χ3v) is 2.98. The number of nitrogens with zero attached hydrogens (tertiary/aromatic N) is 1. The van der Waals surface area contributed by atoms with Gasteiger partial charge in [0.25, 0.3) is 0 Å². The van der Waals surface area contributed by atoms with E-state index in [9.17, 15) is 4.79 Å². The lowest BCUT2D eigenvalue weighted by molar-refractivity contribution is -0.118. The van der Waals surface area contributed by atoms with Gasteiger partial charge in [-0.25, -0.2) is 0 Å². The zero-order chi connectivity index (χ0) is 12.1. The van der Waals surface area contributed by atoms with Crippen LogP contribution in [0, 0.1) is 0 Å². The van der Waals surface area contributed by atoms with Crippen molar-refractivity contribution in [1.29, 1.82) is 0 Å². The molecule has 0 aromatic heterocycles. The summed E-state index contributed by atoms with van der Waals surface area (Å²) in [6, 6.07) is 9.90. The van der Waals surface area contributed by atoms with E-state index in [1.807, 2.05) is 30.3 Å². The van der Waals surface area contributed by atoms with Crippen LogP contribution in [-0.4, -0.2) is 30.4 Å². The summed E-state index contributed by atoms with van der Waals surface area (Å²) in [5.41, 5.74) is 1.76. The number of carbonyl (C=O) groups excluding carboxylic acids is 1. The lowest BCUT2D eigenvalue weighted by Gasteiger charge is -2.30. The third kappa shape index (κ3) is 3.43. The van der Waals surface area contributed by atoms with Gasteiger partial charge in [0.2, 0.25) is 5.91 Å². The summed E-state index contributed by atoms with van der Waals surface area (Å²) >= 11 is 0. The van der Waals surface area contributed by atoms with Crippen molar-refractivity contribution >= 4 is 5.91 Å². The molecule has 90 valence electrons. The third-order valence-electron chi connectivity index (χ3n) is 2.98. The first-order valence-corrected chi connectivity index (χ1v) is 5.98. The average Bonchev–Trinajstić information content (AvgIpc) is 2.32. The van der Waals surface area contributed by atoms with Crippen LogP contribution in [0.25, 0.3) is 0 Å². The summed E-state index contributed by atoms with van der Waals surface area (Å²) in [4.78, 5) is 14.0. The van der Waals surface area contributed by atoms with Crippen LogP contribution in [-0.2, 0) is 11.3 Å². The van der Waals surface area contributed by atoms with E-state index in [-0.39, 0.29) is 5.91 Å². The Morgan fingerprint density at radius 2 is 2.00 bits per heavy atom. The molecule has 1 fully saturated rings. The predicted molar refractivity (Wildman–Crippen MR) is 68.5 cm³/mol. The maximum absolute atomic E-state index is 11.8. The number of carbonyl (C=O) groups is 1. The summed E-state index contributed by atoms with van der Waals surface area (Å²) in [6.45, 7) is 7.27. The molecule has 0 saturated carbocycles. The number of amides is 1. The quantitative estimate of drug-likeness (QED) is 0.779. The van der Waals surface area contributed by atoms with Crippen LogP contribution < -0.4 is 5.32 Å². The average molecular weight is 230 g/mol. The minimum absolute atomic E-state index is 0.0410. The number of benzene rings is 1. The molecule has 1 aromatic carbocycles. The number of rotatable bonds is 5. The molecule has 0 unspecified atom stereocenters. The van der Waals surface area contributed by atoms with Crippen LogP contribution in [0.4, 0.5) is 0 Å². The molecule has 3 nitrogen and oxygen atoms in total. The Kier molecular flexibility index (Phi) is 3.94. The first-order valence-electron chi connectivity index (χ1n) is 5.98. The van der Waals surface area contributed by atoms with Crippen LogP contribution in [0.1, 0.15) is 12.0 Å². The molecule has 1 aromatic rings. The Balaban J connectivity index is 1.74. The minimum atomic E-state index is -0.0410.